The number of H-pyrrole nitrogens is 2. The van der Waals surface area contributed by atoms with Gasteiger partial charge in [0.2, 0.25) is 17.7 Å². The predicted molar refractivity (Wildman–Crippen MR) is 240 cm³/mol. The quantitative estimate of drug-likeness (QED) is 0.0949. The molecule has 6 aromatic rings. The standard InChI is InChI=1S/C49H57N9O3/c1-5-55(6-2)43(35-17-11-9-12-18-35)48(60)57-29-15-21-41(57)46-50-32-40(51-46)34-25-23-33(24-26-34)37-27-28-38-39(31-37)53-54-45(38)52-47(59)42-22-16-30-58(42)49(61)44(56(7-3)8-4)36-19-13-10-14-20-36/h9-14,17-20,23-28,31-32,41-44H,5-8,15-16,21-22,29-30H2,1-4H3,(H,50,51)(H2,52,53,54,59)/t41-,42-,43+,44+/m0/s1. The fraction of sp³-hybridized carbons (Fsp3) is 0.367. The molecule has 3 amide bonds. The number of hydrogen-bond donors (Lipinski definition) is 3. The highest BCUT2D eigenvalue weighted by atomic mass is 16.2. The van der Waals surface area contributed by atoms with E-state index in [1.54, 1.807) is 4.90 Å². The van der Waals surface area contributed by atoms with Crippen molar-refractivity contribution >= 4 is 34.4 Å². The predicted octanol–water partition coefficient (Wildman–Crippen LogP) is 8.38. The normalized spacial score (nSPS) is 17.7. The van der Waals surface area contributed by atoms with Crippen LogP contribution in [0.15, 0.2) is 109 Å². The van der Waals surface area contributed by atoms with Crippen molar-refractivity contribution in [2.45, 2.75) is 77.5 Å². The molecule has 12 heteroatoms. The van der Waals surface area contributed by atoms with Gasteiger partial charge in [-0.3, -0.25) is 29.3 Å². The van der Waals surface area contributed by atoms with Gasteiger partial charge in [0.05, 0.1) is 23.4 Å². The van der Waals surface area contributed by atoms with E-state index in [-0.39, 0.29) is 29.8 Å². The molecule has 4 heterocycles. The summed E-state index contributed by atoms with van der Waals surface area (Å²) in [6.45, 7) is 12.6. The average Bonchev–Trinajstić information content (AvgIpc) is 4.15. The average molecular weight is 820 g/mol. The van der Waals surface area contributed by atoms with E-state index in [0.29, 0.717) is 25.3 Å². The third-order valence-corrected chi connectivity index (χ3v) is 12.7. The minimum absolute atomic E-state index is 0.0429. The van der Waals surface area contributed by atoms with Crippen LogP contribution in [0.1, 0.15) is 88.5 Å². The van der Waals surface area contributed by atoms with Crippen LogP contribution in [0.2, 0.25) is 0 Å². The Kier molecular flexibility index (Phi) is 12.7. The van der Waals surface area contributed by atoms with Crippen LogP contribution in [0.5, 0.6) is 0 Å². The molecule has 0 radical (unpaired) electrons. The van der Waals surface area contributed by atoms with Crippen molar-refractivity contribution in [1.82, 2.24) is 39.8 Å². The zero-order valence-corrected chi connectivity index (χ0v) is 35.7. The van der Waals surface area contributed by atoms with E-state index in [1.165, 1.54) is 0 Å². The van der Waals surface area contributed by atoms with Crippen LogP contribution >= 0.6 is 0 Å². The van der Waals surface area contributed by atoms with E-state index in [9.17, 15) is 14.4 Å². The Labute approximate surface area is 358 Å². The number of fused-ring (bicyclic) bond motifs is 1. The number of rotatable bonds is 15. The lowest BCUT2D eigenvalue weighted by Gasteiger charge is -2.34. The highest BCUT2D eigenvalue weighted by molar-refractivity contribution is 6.04. The number of anilines is 1. The lowest BCUT2D eigenvalue weighted by molar-refractivity contribution is -0.141. The lowest BCUT2D eigenvalue weighted by Crippen LogP contribution is -2.48. The molecule has 12 nitrogen and oxygen atoms in total. The number of likely N-dealkylation sites (N-methyl/N-ethyl adjacent to an activating group) is 2. The second-order valence-corrected chi connectivity index (χ2v) is 16.0. The van der Waals surface area contributed by atoms with Crippen molar-refractivity contribution in [2.24, 2.45) is 0 Å². The van der Waals surface area contributed by atoms with Crippen molar-refractivity contribution < 1.29 is 14.4 Å². The minimum atomic E-state index is -0.575. The molecule has 0 bridgehead atoms. The lowest BCUT2D eigenvalue weighted by atomic mass is 10.0. The Morgan fingerprint density at radius 1 is 0.705 bits per heavy atom. The molecule has 0 unspecified atom stereocenters. The number of carbonyl (C=O) groups is 3. The summed E-state index contributed by atoms with van der Waals surface area (Å²) in [5.41, 5.74) is 6.69. The minimum Gasteiger partial charge on any atom is -0.340 e. The number of benzene rings is 4. The number of aromatic nitrogens is 4. The van der Waals surface area contributed by atoms with Crippen LogP contribution in [-0.4, -0.2) is 103 Å². The third kappa shape index (κ3) is 8.47. The summed E-state index contributed by atoms with van der Waals surface area (Å²) in [6.07, 6.45) is 5.03. The first-order valence-corrected chi connectivity index (χ1v) is 22.0. The maximum Gasteiger partial charge on any atom is 0.248 e. The molecule has 3 N–H and O–H groups in total. The number of nitrogens with zero attached hydrogens (tertiary/aromatic N) is 6. The van der Waals surface area contributed by atoms with Crippen LogP contribution in [0.25, 0.3) is 33.3 Å². The summed E-state index contributed by atoms with van der Waals surface area (Å²) in [6, 6.07) is 32.9. The van der Waals surface area contributed by atoms with Gasteiger partial charge in [-0.05, 0) is 91.8 Å². The smallest absolute Gasteiger partial charge is 0.248 e. The first-order chi connectivity index (χ1) is 29.8. The molecule has 4 aromatic carbocycles. The Balaban J connectivity index is 0.941. The van der Waals surface area contributed by atoms with Crippen LogP contribution < -0.4 is 5.32 Å². The summed E-state index contributed by atoms with van der Waals surface area (Å²) in [5.74, 6) is 1.12. The largest absolute Gasteiger partial charge is 0.340 e. The number of amides is 3. The Bertz CT molecular complexity index is 2420. The number of nitrogens with one attached hydrogen (secondary N) is 3. The van der Waals surface area contributed by atoms with Gasteiger partial charge in [0.15, 0.2) is 5.82 Å². The van der Waals surface area contributed by atoms with Crippen molar-refractivity contribution in [3.63, 3.8) is 0 Å². The van der Waals surface area contributed by atoms with Gasteiger partial charge in [-0.25, -0.2) is 4.98 Å². The third-order valence-electron chi connectivity index (χ3n) is 12.7. The van der Waals surface area contributed by atoms with Crippen LogP contribution in [0.3, 0.4) is 0 Å². The maximum absolute atomic E-state index is 14.3. The summed E-state index contributed by atoms with van der Waals surface area (Å²) in [5, 5.41) is 11.4. The Morgan fingerprint density at radius 2 is 1.26 bits per heavy atom. The van der Waals surface area contributed by atoms with Gasteiger partial charge in [-0.15, -0.1) is 0 Å². The first kappa shape index (κ1) is 41.6. The van der Waals surface area contributed by atoms with E-state index in [2.05, 4.69) is 94.4 Å². The van der Waals surface area contributed by atoms with E-state index in [1.807, 2.05) is 77.8 Å². The van der Waals surface area contributed by atoms with Crippen molar-refractivity contribution in [2.75, 3.05) is 44.6 Å². The zero-order valence-electron chi connectivity index (χ0n) is 35.7. The molecule has 61 heavy (non-hydrogen) atoms. The molecule has 8 rings (SSSR count). The van der Waals surface area contributed by atoms with Crippen LogP contribution in [0.4, 0.5) is 5.82 Å². The molecule has 2 saturated heterocycles. The van der Waals surface area contributed by atoms with Crippen LogP contribution in [-0.2, 0) is 14.4 Å². The van der Waals surface area contributed by atoms with Gasteiger partial charge in [-0.1, -0.05) is 119 Å². The number of likely N-dealkylation sites (tertiary alicyclic amines) is 2. The first-order valence-electron chi connectivity index (χ1n) is 22.0. The molecule has 0 spiro atoms. The van der Waals surface area contributed by atoms with Gasteiger partial charge in [0.1, 0.15) is 23.9 Å². The molecule has 4 atom stereocenters. The Hall–Kier alpha value is -6.11. The fourth-order valence-corrected chi connectivity index (χ4v) is 9.39. The van der Waals surface area contributed by atoms with Crippen molar-refractivity contribution in [3.8, 4) is 22.4 Å². The van der Waals surface area contributed by atoms with E-state index >= 15 is 0 Å². The Morgan fingerprint density at radius 3 is 1.89 bits per heavy atom. The highest BCUT2D eigenvalue weighted by Crippen LogP contribution is 2.36. The number of imidazole rings is 1. The summed E-state index contributed by atoms with van der Waals surface area (Å²) >= 11 is 0. The zero-order chi connectivity index (χ0) is 42.5. The fourth-order valence-electron chi connectivity index (χ4n) is 9.39. The molecule has 0 aliphatic carbocycles. The van der Waals surface area contributed by atoms with Crippen LogP contribution in [0, 0.1) is 0 Å². The number of carbonyl (C=O) groups excluding carboxylic acids is 3. The van der Waals surface area contributed by atoms with Gasteiger partial charge >= 0.3 is 0 Å². The molecule has 2 aromatic heterocycles. The second-order valence-electron chi connectivity index (χ2n) is 16.0. The maximum atomic E-state index is 14.3. The topological polar surface area (TPSA) is 134 Å². The molecule has 2 aliphatic heterocycles. The number of aromatic amines is 2. The molecule has 316 valence electrons. The van der Waals surface area contributed by atoms with Gasteiger partial charge < -0.3 is 20.1 Å². The summed E-state index contributed by atoms with van der Waals surface area (Å²) in [7, 11) is 0. The monoisotopic (exact) mass is 819 g/mol. The summed E-state index contributed by atoms with van der Waals surface area (Å²) in [4.78, 5) is 58.8. The molecule has 0 saturated carbocycles. The van der Waals surface area contributed by atoms with Gasteiger partial charge in [0, 0.05) is 18.5 Å². The number of hydrogen-bond acceptors (Lipinski definition) is 7. The molecular formula is C49H57N9O3. The van der Waals surface area contributed by atoms with E-state index < -0.39 is 12.1 Å². The van der Waals surface area contributed by atoms with Gasteiger partial charge in [0.25, 0.3) is 0 Å². The molecule has 2 fully saturated rings. The molecule has 2 aliphatic rings. The van der Waals surface area contributed by atoms with Crippen molar-refractivity contribution in [1.29, 1.82) is 0 Å². The SMILES string of the molecule is CCN(CC)[C@@H](C(=O)N1CCC[C@H]1C(=O)Nc1n[nH]c2cc(-c3ccc(-c4cnc([C@@H]5CCCN5C(=O)[C@@H](c5ccccc5)N(CC)CC)[nH]4)cc3)ccc12)c1ccccc1. The van der Waals surface area contributed by atoms with E-state index in [4.69, 9.17) is 4.98 Å². The molecular weight excluding hydrogens is 763 g/mol. The second kappa shape index (κ2) is 18.7. The highest BCUT2D eigenvalue weighted by Gasteiger charge is 2.40. The summed E-state index contributed by atoms with van der Waals surface area (Å²) < 4.78 is 0. The van der Waals surface area contributed by atoms with E-state index in [0.717, 1.165) is 95.7 Å². The van der Waals surface area contributed by atoms with Gasteiger partial charge in [-0.2, -0.15) is 5.10 Å². The van der Waals surface area contributed by atoms with Crippen molar-refractivity contribution in [3.05, 3.63) is 126 Å².